The predicted molar refractivity (Wildman–Crippen MR) is 132 cm³/mol. The van der Waals surface area contributed by atoms with Gasteiger partial charge >= 0.3 is 0 Å². The maximum atomic E-state index is 13.1. The van der Waals surface area contributed by atoms with Crippen molar-refractivity contribution in [1.29, 1.82) is 0 Å². The molecule has 0 bridgehead atoms. The van der Waals surface area contributed by atoms with Crippen LogP contribution in [0.25, 0.3) is 0 Å². The number of carbonyl (C=O) groups is 1. The van der Waals surface area contributed by atoms with Crippen molar-refractivity contribution < 1.29 is 14.3 Å². The summed E-state index contributed by atoms with van der Waals surface area (Å²) in [4.78, 5) is 22.2. The minimum Gasteiger partial charge on any atom is -0.497 e. The summed E-state index contributed by atoms with van der Waals surface area (Å²) in [6.45, 7) is 4.17. The van der Waals surface area contributed by atoms with Crippen molar-refractivity contribution >= 4 is 17.4 Å². The number of fused-ring (bicyclic) bond motifs is 3. The van der Waals surface area contributed by atoms with E-state index in [9.17, 15) is 4.79 Å². The van der Waals surface area contributed by atoms with E-state index >= 15 is 0 Å². The van der Waals surface area contributed by atoms with Crippen molar-refractivity contribution in [3.05, 3.63) is 35.8 Å². The van der Waals surface area contributed by atoms with E-state index in [1.54, 1.807) is 20.4 Å². The number of hydrogen-bond donors (Lipinski definition) is 4. The Balaban J connectivity index is 1.15. The average molecular weight is 479 g/mol. The fraction of sp³-hybridized carbons (Fsp3) is 0.577. The topological polar surface area (TPSA) is 109 Å². The molecular formula is C26H34N6O3. The van der Waals surface area contributed by atoms with Gasteiger partial charge in [0.1, 0.15) is 11.6 Å². The number of benzene rings is 1. The summed E-state index contributed by atoms with van der Waals surface area (Å²) in [5.41, 5.74) is 8.65. The molecule has 4 unspecified atom stereocenters. The van der Waals surface area contributed by atoms with Crippen LogP contribution in [0.3, 0.4) is 0 Å². The second-order valence-corrected chi connectivity index (χ2v) is 10.7. The minimum absolute atomic E-state index is 0.0534. The van der Waals surface area contributed by atoms with Gasteiger partial charge < -0.3 is 20.1 Å². The number of anilines is 2. The number of methoxy groups -OCH3 is 2. The molecule has 1 aromatic heterocycles. The van der Waals surface area contributed by atoms with E-state index in [2.05, 4.69) is 46.4 Å². The number of ether oxygens (including phenoxy) is 2. The number of nitrogens with one attached hydrogen (secondary N) is 4. The molecule has 3 heterocycles. The Morgan fingerprint density at radius 1 is 1.17 bits per heavy atom. The van der Waals surface area contributed by atoms with Crippen LogP contribution in [0.4, 0.5) is 11.5 Å². The molecule has 2 aromatic rings. The summed E-state index contributed by atoms with van der Waals surface area (Å²) in [7, 11) is 3.32. The number of hydrogen-bond acceptors (Lipinski definition) is 8. The fourth-order valence-electron chi connectivity index (χ4n) is 6.58. The third-order valence-electron chi connectivity index (χ3n) is 8.54. The smallest absolute Gasteiger partial charge is 0.235 e. The molecule has 1 spiro atoms. The molecule has 1 saturated heterocycles. The van der Waals surface area contributed by atoms with Crippen LogP contribution in [0.15, 0.2) is 24.4 Å². The molecule has 2 saturated carbocycles. The highest BCUT2D eigenvalue weighted by Gasteiger charge is 2.67. The van der Waals surface area contributed by atoms with Gasteiger partial charge in [-0.1, -0.05) is 13.8 Å². The lowest BCUT2D eigenvalue weighted by Gasteiger charge is -2.34. The van der Waals surface area contributed by atoms with Crippen LogP contribution in [-0.4, -0.2) is 42.3 Å². The first-order valence-electron chi connectivity index (χ1n) is 12.6. The van der Waals surface area contributed by atoms with Gasteiger partial charge in [-0.2, -0.15) is 0 Å². The molecule has 4 aliphatic rings. The molecule has 1 amide bonds. The van der Waals surface area contributed by atoms with E-state index in [-0.39, 0.29) is 23.4 Å². The molecule has 0 radical (unpaired) electrons. The predicted octanol–water partition coefficient (Wildman–Crippen LogP) is 3.16. The molecular weight excluding hydrogens is 444 g/mol. The van der Waals surface area contributed by atoms with E-state index in [1.165, 1.54) is 0 Å². The van der Waals surface area contributed by atoms with Gasteiger partial charge in [-0.3, -0.25) is 10.2 Å². The van der Waals surface area contributed by atoms with E-state index < -0.39 is 0 Å². The molecule has 35 heavy (non-hydrogen) atoms. The molecule has 2 aliphatic heterocycles. The molecule has 2 aliphatic carbocycles. The molecule has 186 valence electrons. The SMILES string of the molecule is COc1ccc2c(c1)[C@]1(C[C@H]1C1CCC3C(C1)NNC3Nc1nc(C(C)C)ncc1OC)C(=O)N2. The van der Waals surface area contributed by atoms with Gasteiger partial charge in [-0.25, -0.2) is 15.4 Å². The molecule has 1 aromatic carbocycles. The second-order valence-electron chi connectivity index (χ2n) is 10.7. The Hall–Kier alpha value is -2.91. The fourth-order valence-corrected chi connectivity index (χ4v) is 6.58. The lowest BCUT2D eigenvalue weighted by Crippen LogP contribution is -2.39. The molecule has 9 heteroatoms. The van der Waals surface area contributed by atoms with E-state index in [0.29, 0.717) is 29.5 Å². The first-order valence-corrected chi connectivity index (χ1v) is 12.6. The zero-order valence-corrected chi connectivity index (χ0v) is 20.7. The van der Waals surface area contributed by atoms with E-state index in [4.69, 9.17) is 14.5 Å². The van der Waals surface area contributed by atoms with Crippen LogP contribution >= 0.6 is 0 Å². The highest BCUT2D eigenvalue weighted by Crippen LogP contribution is 2.65. The van der Waals surface area contributed by atoms with Crippen LogP contribution in [0.1, 0.15) is 56.8 Å². The Labute approximate surface area is 205 Å². The van der Waals surface area contributed by atoms with E-state index in [1.807, 2.05) is 12.1 Å². The van der Waals surface area contributed by atoms with Crippen molar-refractivity contribution in [3.63, 3.8) is 0 Å². The first kappa shape index (κ1) is 22.5. The van der Waals surface area contributed by atoms with Gasteiger partial charge in [0.05, 0.1) is 32.0 Å². The van der Waals surface area contributed by atoms with Crippen molar-refractivity contribution in [2.45, 2.75) is 63.1 Å². The van der Waals surface area contributed by atoms with Crippen LogP contribution < -0.4 is 31.0 Å². The van der Waals surface area contributed by atoms with Gasteiger partial charge in [0.2, 0.25) is 5.91 Å². The maximum Gasteiger partial charge on any atom is 0.235 e. The van der Waals surface area contributed by atoms with Gasteiger partial charge in [0.15, 0.2) is 11.6 Å². The standard InChI is InChI=1S/C26H34N6O3/c1-13(2)22-27-12-21(35-4)24(29-22)30-23-16-7-5-14(9-20(16)31-32-23)18-11-26(18)17-10-15(34-3)6-8-19(17)28-25(26)33/h6,8,10,12-14,16,18,20,23,31-32H,5,7,9,11H2,1-4H3,(H,28,33)(H,27,29,30)/t14?,16?,18-,20?,23?,26-/m0/s1. The molecule has 3 fully saturated rings. The zero-order chi connectivity index (χ0) is 24.3. The first-order chi connectivity index (χ1) is 16.9. The Morgan fingerprint density at radius 2 is 2.03 bits per heavy atom. The number of nitrogens with zero attached hydrogens (tertiary/aromatic N) is 2. The second kappa shape index (κ2) is 8.34. The maximum absolute atomic E-state index is 13.1. The number of hydrazine groups is 1. The van der Waals surface area contributed by atoms with Crippen molar-refractivity contribution in [3.8, 4) is 11.5 Å². The molecule has 4 N–H and O–H groups in total. The Kier molecular flexibility index (Phi) is 5.37. The van der Waals surface area contributed by atoms with Crippen molar-refractivity contribution in [2.75, 3.05) is 24.9 Å². The van der Waals surface area contributed by atoms with Gasteiger partial charge in [-0.05, 0) is 61.3 Å². The lowest BCUT2D eigenvalue weighted by atomic mass is 9.74. The largest absolute Gasteiger partial charge is 0.497 e. The van der Waals surface area contributed by atoms with E-state index in [0.717, 1.165) is 54.3 Å². The summed E-state index contributed by atoms with van der Waals surface area (Å²) in [6, 6.07) is 6.28. The number of carbonyl (C=O) groups excluding carboxylic acids is 1. The third-order valence-corrected chi connectivity index (χ3v) is 8.54. The summed E-state index contributed by atoms with van der Waals surface area (Å²) in [5.74, 6) is 4.68. The monoisotopic (exact) mass is 478 g/mol. The summed E-state index contributed by atoms with van der Waals surface area (Å²) >= 11 is 0. The van der Waals surface area contributed by atoms with Gasteiger partial charge in [-0.15, -0.1) is 0 Å². The number of rotatable bonds is 6. The number of aromatic nitrogens is 2. The van der Waals surface area contributed by atoms with Crippen LogP contribution in [0, 0.1) is 17.8 Å². The lowest BCUT2D eigenvalue weighted by molar-refractivity contribution is -0.118. The Morgan fingerprint density at radius 3 is 2.80 bits per heavy atom. The van der Waals surface area contributed by atoms with Crippen LogP contribution in [0.2, 0.25) is 0 Å². The van der Waals surface area contributed by atoms with Crippen LogP contribution in [0.5, 0.6) is 11.5 Å². The average Bonchev–Trinajstić information content (AvgIpc) is 3.42. The summed E-state index contributed by atoms with van der Waals surface area (Å²) in [6.07, 6.45) is 5.96. The van der Waals surface area contributed by atoms with Gasteiger partial charge in [0.25, 0.3) is 0 Å². The highest BCUT2D eigenvalue weighted by molar-refractivity contribution is 6.09. The summed E-state index contributed by atoms with van der Waals surface area (Å²) in [5, 5.41) is 6.69. The third kappa shape index (κ3) is 3.55. The van der Waals surface area contributed by atoms with Crippen molar-refractivity contribution in [1.82, 2.24) is 20.8 Å². The van der Waals surface area contributed by atoms with Gasteiger partial charge in [0, 0.05) is 23.6 Å². The molecule has 9 nitrogen and oxygen atoms in total. The highest BCUT2D eigenvalue weighted by atomic mass is 16.5. The summed E-state index contributed by atoms with van der Waals surface area (Å²) < 4.78 is 11.0. The van der Waals surface area contributed by atoms with Crippen LogP contribution in [-0.2, 0) is 10.2 Å². The zero-order valence-electron chi connectivity index (χ0n) is 20.7. The Bertz CT molecular complexity index is 1160. The van der Waals surface area contributed by atoms with Crippen molar-refractivity contribution in [2.24, 2.45) is 17.8 Å². The molecule has 6 atom stereocenters. The normalized spacial score (nSPS) is 32.8. The molecule has 6 rings (SSSR count). The minimum atomic E-state index is -0.382. The number of amides is 1. The quantitative estimate of drug-likeness (QED) is 0.501.